The molecule has 0 bridgehead atoms. The van der Waals surface area contributed by atoms with Gasteiger partial charge in [-0.25, -0.2) is 4.79 Å². The summed E-state index contributed by atoms with van der Waals surface area (Å²) in [7, 11) is 0. The van der Waals surface area contributed by atoms with Crippen molar-refractivity contribution in [2.45, 2.75) is 66.3 Å². The van der Waals surface area contributed by atoms with Gasteiger partial charge in [0.15, 0.2) is 11.2 Å². The number of aryl methyl sites for hydroxylation is 1. The number of nitrogens with zero attached hydrogens (tertiary/aromatic N) is 1. The van der Waals surface area contributed by atoms with Gasteiger partial charge in [0.2, 0.25) is 0 Å². The summed E-state index contributed by atoms with van der Waals surface area (Å²) in [6.07, 6.45) is 0.786. The lowest BCUT2D eigenvalue weighted by molar-refractivity contribution is -0.132. The molecule has 0 spiro atoms. The van der Waals surface area contributed by atoms with E-state index in [9.17, 15) is 19.5 Å². The van der Waals surface area contributed by atoms with E-state index in [1.54, 1.807) is 32.0 Å². The maximum atomic E-state index is 14.3. The zero-order chi connectivity index (χ0) is 27.9. The van der Waals surface area contributed by atoms with Gasteiger partial charge in [-0.3, -0.25) is 9.59 Å². The van der Waals surface area contributed by atoms with Crippen molar-refractivity contribution < 1.29 is 19.1 Å². The van der Waals surface area contributed by atoms with Crippen molar-refractivity contribution in [3.05, 3.63) is 98.0 Å². The monoisotopic (exact) mass is 513 g/mol. The van der Waals surface area contributed by atoms with E-state index in [-0.39, 0.29) is 27.8 Å². The molecule has 38 heavy (non-hydrogen) atoms. The number of rotatable bonds is 6. The molecule has 1 aliphatic heterocycles. The van der Waals surface area contributed by atoms with Crippen LogP contribution in [0.15, 0.2) is 74.6 Å². The quantitative estimate of drug-likeness (QED) is 0.378. The molecule has 1 atom stereocenters. The second-order valence-electron chi connectivity index (χ2n) is 11.0. The fourth-order valence-electron chi connectivity index (χ4n) is 5.33. The number of carboxylic acids is 1. The molecule has 198 valence electrons. The van der Waals surface area contributed by atoms with Crippen LogP contribution in [-0.2, 0) is 10.2 Å². The molecule has 1 aliphatic rings. The van der Waals surface area contributed by atoms with Gasteiger partial charge >= 0.3 is 5.97 Å². The third kappa shape index (κ3) is 4.71. The number of hydrogen-bond acceptors (Lipinski definition) is 5. The maximum Gasteiger partial charge on any atom is 0.338 e. The Kier molecular flexibility index (Phi) is 7.20. The summed E-state index contributed by atoms with van der Waals surface area (Å²) in [6, 6.07) is 13.6. The van der Waals surface area contributed by atoms with Crippen LogP contribution in [0.5, 0.6) is 0 Å². The van der Waals surface area contributed by atoms with Crippen molar-refractivity contribution in [1.82, 2.24) is 4.90 Å². The number of aliphatic carboxylic acids is 1. The molecule has 4 rings (SSSR count). The van der Waals surface area contributed by atoms with Crippen LogP contribution in [0.2, 0.25) is 0 Å². The summed E-state index contributed by atoms with van der Waals surface area (Å²) in [4.78, 5) is 41.8. The van der Waals surface area contributed by atoms with Gasteiger partial charge in [0.25, 0.3) is 0 Å². The Hall–Kier alpha value is -3.93. The van der Waals surface area contributed by atoms with Crippen LogP contribution in [-0.4, -0.2) is 34.3 Å². The molecule has 0 radical (unpaired) electrons. The van der Waals surface area contributed by atoms with Crippen molar-refractivity contribution in [3.63, 3.8) is 0 Å². The van der Waals surface area contributed by atoms with Gasteiger partial charge in [-0.05, 0) is 44.2 Å². The average molecular weight is 514 g/mol. The third-order valence-corrected chi connectivity index (χ3v) is 7.28. The molecular formula is C32H35NO5. The lowest BCUT2D eigenvalue weighted by atomic mass is 9.80. The lowest BCUT2D eigenvalue weighted by Crippen LogP contribution is -2.41. The molecule has 6 heteroatoms. The Morgan fingerprint density at radius 3 is 2.29 bits per heavy atom. The van der Waals surface area contributed by atoms with Gasteiger partial charge in [0, 0.05) is 40.6 Å². The number of carbonyl (C=O) groups excluding carboxylic acids is 1. The average Bonchev–Trinajstić information content (AvgIpc) is 2.85. The first-order valence-electron chi connectivity index (χ1n) is 13.0. The first kappa shape index (κ1) is 27.1. The molecule has 1 N–H and O–H groups in total. The van der Waals surface area contributed by atoms with E-state index in [2.05, 4.69) is 20.8 Å². The predicted octanol–water partition coefficient (Wildman–Crippen LogP) is 6.51. The first-order chi connectivity index (χ1) is 17.9. The number of allylic oxidation sites excluding steroid dienone is 1. The summed E-state index contributed by atoms with van der Waals surface area (Å²) in [5.41, 5.74) is 3.30. The van der Waals surface area contributed by atoms with E-state index in [0.29, 0.717) is 45.7 Å². The van der Waals surface area contributed by atoms with E-state index in [0.717, 1.165) is 12.0 Å². The number of para-hydroxylation sites is 1. The molecule has 2 aromatic carbocycles. The van der Waals surface area contributed by atoms with Crippen LogP contribution >= 0.6 is 0 Å². The summed E-state index contributed by atoms with van der Waals surface area (Å²) >= 11 is 0. The largest absolute Gasteiger partial charge is 0.478 e. The number of hydrogen-bond donors (Lipinski definition) is 1. The van der Waals surface area contributed by atoms with Crippen molar-refractivity contribution in [1.29, 1.82) is 0 Å². The zero-order valence-corrected chi connectivity index (χ0v) is 23.1. The van der Waals surface area contributed by atoms with E-state index in [1.807, 2.05) is 43.0 Å². The summed E-state index contributed by atoms with van der Waals surface area (Å²) in [5.74, 6) is -0.964. The summed E-state index contributed by atoms with van der Waals surface area (Å²) < 4.78 is 6.01. The number of carbonyl (C=O) groups is 2. The highest BCUT2D eigenvalue weighted by Crippen LogP contribution is 2.42. The SMILES string of the molecule is CCCN1C(C)=C(C(=O)O)C(c2cccc3c(=O)cc(C)oc23)=C(C(=O)c2ccc(C(C)(C)C)cc2)C1C. The third-order valence-electron chi connectivity index (χ3n) is 7.28. The van der Waals surface area contributed by atoms with Crippen LogP contribution in [0.3, 0.4) is 0 Å². The van der Waals surface area contributed by atoms with Gasteiger partial charge in [-0.15, -0.1) is 0 Å². The zero-order valence-electron chi connectivity index (χ0n) is 23.1. The molecule has 0 saturated heterocycles. The Labute approximate surface area is 223 Å². The Morgan fingerprint density at radius 2 is 1.71 bits per heavy atom. The lowest BCUT2D eigenvalue weighted by Gasteiger charge is -2.39. The minimum absolute atomic E-state index is 0.0443. The number of fused-ring (bicyclic) bond motifs is 1. The summed E-state index contributed by atoms with van der Waals surface area (Å²) in [5, 5.41) is 10.8. The maximum absolute atomic E-state index is 14.3. The molecule has 1 unspecified atom stereocenters. The summed E-state index contributed by atoms with van der Waals surface area (Å²) in [6.45, 7) is 14.3. The second kappa shape index (κ2) is 10.1. The van der Waals surface area contributed by atoms with E-state index >= 15 is 0 Å². The highest BCUT2D eigenvalue weighted by Gasteiger charge is 2.38. The van der Waals surface area contributed by atoms with Crippen LogP contribution in [0.25, 0.3) is 16.5 Å². The Morgan fingerprint density at radius 1 is 1.05 bits per heavy atom. The number of benzene rings is 2. The fourth-order valence-corrected chi connectivity index (χ4v) is 5.33. The van der Waals surface area contributed by atoms with Crippen LogP contribution < -0.4 is 5.43 Å². The molecule has 3 aromatic rings. The van der Waals surface area contributed by atoms with Crippen LogP contribution in [0, 0.1) is 6.92 Å². The van der Waals surface area contributed by atoms with Crippen LogP contribution in [0.4, 0.5) is 0 Å². The van der Waals surface area contributed by atoms with Crippen molar-refractivity contribution in [3.8, 4) is 0 Å². The minimum atomic E-state index is -1.13. The molecular weight excluding hydrogens is 478 g/mol. The molecule has 0 amide bonds. The van der Waals surface area contributed by atoms with E-state index < -0.39 is 12.0 Å². The van der Waals surface area contributed by atoms with Crippen molar-refractivity contribution in [2.75, 3.05) is 6.54 Å². The first-order valence-corrected chi connectivity index (χ1v) is 13.0. The Bertz CT molecular complexity index is 1550. The number of Topliss-reactive ketones (excluding diaryl/α,β-unsaturated/α-hetero) is 1. The van der Waals surface area contributed by atoms with Gasteiger partial charge in [-0.2, -0.15) is 0 Å². The highest BCUT2D eigenvalue weighted by molar-refractivity contribution is 6.22. The number of carboxylic acid groups (broad SMARTS) is 1. The van der Waals surface area contributed by atoms with Crippen molar-refractivity contribution in [2.24, 2.45) is 0 Å². The van der Waals surface area contributed by atoms with E-state index in [1.165, 1.54) is 6.07 Å². The van der Waals surface area contributed by atoms with E-state index in [4.69, 9.17) is 4.42 Å². The van der Waals surface area contributed by atoms with Gasteiger partial charge in [-0.1, -0.05) is 64.1 Å². The van der Waals surface area contributed by atoms with Crippen LogP contribution in [0.1, 0.15) is 75.2 Å². The topological polar surface area (TPSA) is 87.8 Å². The van der Waals surface area contributed by atoms with Gasteiger partial charge in [0.1, 0.15) is 11.3 Å². The predicted molar refractivity (Wildman–Crippen MR) is 150 cm³/mol. The molecule has 2 heterocycles. The highest BCUT2D eigenvalue weighted by atomic mass is 16.4. The van der Waals surface area contributed by atoms with Gasteiger partial charge in [0.05, 0.1) is 17.0 Å². The second-order valence-corrected chi connectivity index (χ2v) is 11.0. The Balaban J connectivity index is 2.09. The molecule has 0 fully saturated rings. The van der Waals surface area contributed by atoms with Crippen molar-refractivity contribution >= 4 is 28.3 Å². The molecule has 6 nitrogen and oxygen atoms in total. The number of ketones is 1. The standard InChI is InChI=1S/C32H35NO5/c1-8-16-33-19(3)26(29(35)21-12-14-22(15-13-21)32(5,6)7)28(27(20(33)4)31(36)37)24-11-9-10-23-25(34)17-18(2)38-30(23)24/h9-15,17,19H,8,16H2,1-7H3,(H,36,37). The normalized spacial score (nSPS) is 16.4. The molecule has 0 saturated carbocycles. The smallest absolute Gasteiger partial charge is 0.338 e. The molecule has 1 aromatic heterocycles. The van der Waals surface area contributed by atoms with Gasteiger partial charge < -0.3 is 14.4 Å². The molecule has 0 aliphatic carbocycles. The fraction of sp³-hybridized carbons (Fsp3) is 0.344. The minimum Gasteiger partial charge on any atom is -0.478 e.